The van der Waals surface area contributed by atoms with Gasteiger partial charge in [-0.15, -0.1) is 0 Å². The van der Waals surface area contributed by atoms with Gasteiger partial charge in [-0.05, 0) is 36.4 Å². The number of hydrogen-bond acceptors (Lipinski definition) is 4. The second-order valence-corrected chi connectivity index (χ2v) is 8.17. The number of amides is 2. The van der Waals surface area contributed by atoms with Crippen molar-refractivity contribution in [3.05, 3.63) is 63.6 Å². The topological polar surface area (TPSA) is 104 Å². The van der Waals surface area contributed by atoms with Gasteiger partial charge in [0.1, 0.15) is 0 Å². The van der Waals surface area contributed by atoms with Crippen LogP contribution in [0.4, 0.5) is 0 Å². The zero-order valence-electron chi connectivity index (χ0n) is 13.3. The van der Waals surface area contributed by atoms with E-state index in [4.69, 9.17) is 11.6 Å². The normalized spacial score (nSPS) is 11.0. The van der Waals surface area contributed by atoms with Crippen LogP contribution in [0.5, 0.6) is 0 Å². The van der Waals surface area contributed by atoms with Crippen LogP contribution in [0.3, 0.4) is 0 Å². The molecule has 0 fully saturated rings. The maximum Gasteiger partial charge on any atom is 0.271 e. The smallest absolute Gasteiger partial charge is 0.271 e. The van der Waals surface area contributed by atoms with E-state index in [1.165, 1.54) is 18.2 Å². The zero-order chi connectivity index (χ0) is 19.2. The van der Waals surface area contributed by atoms with Gasteiger partial charge in [-0.1, -0.05) is 39.7 Å². The summed E-state index contributed by atoms with van der Waals surface area (Å²) in [5, 5.41) is 0.251. The standard InChI is InChI=1S/C16H15BrClN3O4S/c17-11-5-7-12(8-6-11)26(24,25)19-10-9-15(22)20-21-16(23)13-3-1-2-4-14(13)18/h1-8,19H,9-10H2,(H,20,22)(H,21,23). The molecule has 0 saturated carbocycles. The Labute approximate surface area is 164 Å². The average molecular weight is 461 g/mol. The van der Waals surface area contributed by atoms with Crippen LogP contribution in [0.2, 0.25) is 5.02 Å². The van der Waals surface area contributed by atoms with Crippen molar-refractivity contribution >= 4 is 49.4 Å². The lowest BCUT2D eigenvalue weighted by molar-refractivity contribution is -0.121. The molecule has 0 bridgehead atoms. The lowest BCUT2D eigenvalue weighted by Gasteiger charge is -2.09. The van der Waals surface area contributed by atoms with Crippen molar-refractivity contribution in [3.63, 3.8) is 0 Å². The summed E-state index contributed by atoms with van der Waals surface area (Å²) in [4.78, 5) is 23.7. The molecule has 138 valence electrons. The predicted octanol–water partition coefficient (Wildman–Crippen LogP) is 2.23. The van der Waals surface area contributed by atoms with E-state index in [2.05, 4.69) is 31.5 Å². The third-order valence-electron chi connectivity index (χ3n) is 3.20. The van der Waals surface area contributed by atoms with E-state index in [9.17, 15) is 18.0 Å². The first kappa shape index (κ1) is 20.4. The van der Waals surface area contributed by atoms with Gasteiger partial charge in [0.25, 0.3) is 5.91 Å². The molecule has 0 aliphatic carbocycles. The largest absolute Gasteiger partial charge is 0.273 e. The summed E-state index contributed by atoms with van der Waals surface area (Å²) in [5.74, 6) is -1.12. The van der Waals surface area contributed by atoms with Crippen molar-refractivity contribution in [2.24, 2.45) is 0 Å². The Hall–Kier alpha value is -1.94. The molecule has 0 unspecified atom stereocenters. The molecule has 2 amide bonds. The lowest BCUT2D eigenvalue weighted by atomic mass is 10.2. The summed E-state index contributed by atoms with van der Waals surface area (Å²) < 4.78 is 27.2. The molecule has 2 rings (SSSR count). The molecule has 10 heteroatoms. The van der Waals surface area contributed by atoms with Gasteiger partial charge in [-0.25, -0.2) is 13.1 Å². The Balaban J connectivity index is 1.79. The number of hydrogen-bond donors (Lipinski definition) is 3. The number of hydrazine groups is 1. The van der Waals surface area contributed by atoms with Crippen molar-refractivity contribution in [2.75, 3.05) is 6.54 Å². The molecule has 0 heterocycles. The molecular weight excluding hydrogens is 446 g/mol. The van der Waals surface area contributed by atoms with E-state index in [1.54, 1.807) is 30.3 Å². The van der Waals surface area contributed by atoms with Crippen LogP contribution in [-0.2, 0) is 14.8 Å². The molecule has 0 saturated heterocycles. The van der Waals surface area contributed by atoms with Crippen molar-refractivity contribution in [1.82, 2.24) is 15.6 Å². The fourth-order valence-electron chi connectivity index (χ4n) is 1.90. The van der Waals surface area contributed by atoms with Crippen LogP contribution in [0, 0.1) is 0 Å². The van der Waals surface area contributed by atoms with E-state index in [-0.39, 0.29) is 28.4 Å². The highest BCUT2D eigenvalue weighted by molar-refractivity contribution is 9.10. The summed E-state index contributed by atoms with van der Waals surface area (Å²) in [7, 11) is -3.71. The van der Waals surface area contributed by atoms with E-state index in [0.717, 1.165) is 4.47 Å². The quantitative estimate of drug-likeness (QED) is 0.575. The highest BCUT2D eigenvalue weighted by Crippen LogP contribution is 2.15. The Morgan fingerprint density at radius 2 is 1.65 bits per heavy atom. The number of sulfonamides is 1. The molecule has 0 aliphatic heterocycles. The first-order valence-corrected chi connectivity index (χ1v) is 10.0. The van der Waals surface area contributed by atoms with Crippen molar-refractivity contribution < 1.29 is 18.0 Å². The number of carbonyl (C=O) groups excluding carboxylic acids is 2. The van der Waals surface area contributed by atoms with Gasteiger partial charge in [0.15, 0.2) is 0 Å². The minimum Gasteiger partial charge on any atom is -0.273 e. The lowest BCUT2D eigenvalue weighted by Crippen LogP contribution is -2.42. The van der Waals surface area contributed by atoms with Gasteiger partial charge in [-0.3, -0.25) is 20.4 Å². The molecular formula is C16H15BrClN3O4S. The summed E-state index contributed by atoms with van der Waals surface area (Å²) in [5.41, 5.74) is 4.64. The summed E-state index contributed by atoms with van der Waals surface area (Å²) in [6.07, 6.45) is -0.154. The summed E-state index contributed by atoms with van der Waals surface area (Å²) in [6.45, 7) is -0.119. The Morgan fingerprint density at radius 3 is 2.31 bits per heavy atom. The second-order valence-electron chi connectivity index (χ2n) is 5.08. The Kier molecular flexibility index (Phi) is 7.15. The first-order chi connectivity index (χ1) is 12.3. The number of nitrogens with one attached hydrogen (secondary N) is 3. The molecule has 2 aromatic rings. The molecule has 0 aliphatic rings. The van der Waals surface area contributed by atoms with Gasteiger partial charge >= 0.3 is 0 Å². The van der Waals surface area contributed by atoms with Gasteiger partial charge in [0, 0.05) is 17.4 Å². The molecule has 3 N–H and O–H groups in total. The number of carbonyl (C=O) groups is 2. The Bertz CT molecular complexity index is 904. The third kappa shape index (κ3) is 5.80. The fraction of sp³-hybridized carbons (Fsp3) is 0.125. The molecule has 26 heavy (non-hydrogen) atoms. The molecule has 2 aromatic carbocycles. The maximum absolute atomic E-state index is 12.1. The fourth-order valence-corrected chi connectivity index (χ4v) is 3.42. The maximum atomic E-state index is 12.1. The second kappa shape index (κ2) is 9.13. The number of benzene rings is 2. The van der Waals surface area contributed by atoms with Crippen LogP contribution in [0.1, 0.15) is 16.8 Å². The average Bonchev–Trinajstić information content (AvgIpc) is 2.60. The molecule has 0 spiro atoms. The number of rotatable bonds is 6. The van der Waals surface area contributed by atoms with Crippen molar-refractivity contribution in [3.8, 4) is 0 Å². The monoisotopic (exact) mass is 459 g/mol. The van der Waals surface area contributed by atoms with Gasteiger partial charge in [0.05, 0.1) is 15.5 Å². The van der Waals surface area contributed by atoms with E-state index >= 15 is 0 Å². The van der Waals surface area contributed by atoms with Crippen LogP contribution in [-0.4, -0.2) is 26.8 Å². The third-order valence-corrected chi connectivity index (χ3v) is 5.54. The van der Waals surface area contributed by atoms with Gasteiger partial charge < -0.3 is 0 Å². The Morgan fingerprint density at radius 1 is 1.00 bits per heavy atom. The summed E-state index contributed by atoms with van der Waals surface area (Å²) >= 11 is 9.11. The van der Waals surface area contributed by atoms with Crippen LogP contribution in [0.25, 0.3) is 0 Å². The minimum atomic E-state index is -3.71. The van der Waals surface area contributed by atoms with Crippen LogP contribution < -0.4 is 15.6 Å². The van der Waals surface area contributed by atoms with Crippen molar-refractivity contribution in [2.45, 2.75) is 11.3 Å². The minimum absolute atomic E-state index is 0.0909. The van der Waals surface area contributed by atoms with E-state index < -0.39 is 21.8 Å². The van der Waals surface area contributed by atoms with Gasteiger partial charge in [-0.2, -0.15) is 0 Å². The van der Waals surface area contributed by atoms with E-state index in [0.29, 0.717) is 0 Å². The van der Waals surface area contributed by atoms with Gasteiger partial charge in [0.2, 0.25) is 15.9 Å². The highest BCUT2D eigenvalue weighted by Gasteiger charge is 2.14. The molecule has 0 atom stereocenters. The van der Waals surface area contributed by atoms with Crippen LogP contribution >= 0.6 is 27.5 Å². The van der Waals surface area contributed by atoms with Crippen molar-refractivity contribution in [1.29, 1.82) is 0 Å². The highest BCUT2D eigenvalue weighted by atomic mass is 79.9. The number of halogens is 2. The van der Waals surface area contributed by atoms with Crippen LogP contribution in [0.15, 0.2) is 57.9 Å². The summed E-state index contributed by atoms with van der Waals surface area (Å²) in [6, 6.07) is 12.5. The van der Waals surface area contributed by atoms with E-state index in [1.807, 2.05) is 0 Å². The molecule has 0 aromatic heterocycles. The SMILES string of the molecule is O=C(CCNS(=O)(=O)c1ccc(Br)cc1)NNC(=O)c1ccccc1Cl. The predicted molar refractivity (Wildman–Crippen MR) is 101 cm³/mol. The molecule has 0 radical (unpaired) electrons. The first-order valence-electron chi connectivity index (χ1n) is 7.38. The molecule has 7 nitrogen and oxygen atoms in total. The zero-order valence-corrected chi connectivity index (χ0v) is 16.5.